The van der Waals surface area contributed by atoms with Gasteiger partial charge in [0.25, 0.3) is 0 Å². The third-order valence-electron chi connectivity index (χ3n) is 4.81. The molecule has 0 bridgehead atoms. The number of amides is 1. The normalized spacial score (nSPS) is 13.6. The fourth-order valence-corrected chi connectivity index (χ4v) is 3.95. The van der Waals surface area contributed by atoms with Gasteiger partial charge in [0.2, 0.25) is 0 Å². The number of thioether (sulfide) groups is 1. The molecule has 7 nitrogen and oxygen atoms in total. The van der Waals surface area contributed by atoms with Gasteiger partial charge in [-0.05, 0) is 36.6 Å². The number of hydrogen-bond donors (Lipinski definition) is 1. The summed E-state index contributed by atoms with van der Waals surface area (Å²) in [5.41, 5.74) is 2.17. The van der Waals surface area contributed by atoms with E-state index in [1.165, 1.54) is 0 Å². The molecule has 0 saturated carbocycles. The molecule has 32 heavy (non-hydrogen) atoms. The zero-order valence-corrected chi connectivity index (χ0v) is 19.2. The summed E-state index contributed by atoms with van der Waals surface area (Å²) in [5, 5.41) is 3.05. The Morgan fingerprint density at radius 1 is 1.16 bits per heavy atom. The van der Waals surface area contributed by atoms with Gasteiger partial charge < -0.3 is 14.4 Å². The zero-order chi connectivity index (χ0) is 22.3. The van der Waals surface area contributed by atoms with Crippen LogP contribution in [0.25, 0.3) is 11.4 Å². The number of hydrogen-bond acceptors (Lipinski definition) is 7. The van der Waals surface area contributed by atoms with Gasteiger partial charge in [0, 0.05) is 30.5 Å². The second-order valence-electron chi connectivity index (χ2n) is 7.10. The lowest BCUT2D eigenvalue weighted by molar-refractivity contribution is 0.122. The van der Waals surface area contributed by atoms with E-state index < -0.39 is 6.09 Å². The highest BCUT2D eigenvalue weighted by Crippen LogP contribution is 2.29. The molecule has 1 aromatic heterocycles. The van der Waals surface area contributed by atoms with Crippen LogP contribution >= 0.6 is 23.4 Å². The fraction of sp³-hybridized carbons (Fsp3) is 0.261. The molecule has 1 saturated heterocycles. The van der Waals surface area contributed by atoms with Gasteiger partial charge in [-0.2, -0.15) is 11.8 Å². The average Bonchev–Trinajstić information content (AvgIpc) is 2.81. The Balaban J connectivity index is 1.55. The fourth-order valence-electron chi connectivity index (χ4n) is 3.28. The van der Waals surface area contributed by atoms with Gasteiger partial charge in [-0.3, -0.25) is 5.32 Å². The summed E-state index contributed by atoms with van der Waals surface area (Å²) in [6.45, 7) is 2.95. The topological polar surface area (TPSA) is 76.6 Å². The minimum Gasteiger partial charge on any atom is -0.410 e. The number of nitrogens with zero attached hydrogens (tertiary/aromatic N) is 3. The van der Waals surface area contributed by atoms with E-state index in [-0.39, 0.29) is 0 Å². The van der Waals surface area contributed by atoms with Crippen molar-refractivity contribution < 1.29 is 14.3 Å². The summed E-state index contributed by atoms with van der Waals surface area (Å²) >= 11 is 8.16. The molecule has 1 aliphatic heterocycles. The molecule has 1 aliphatic rings. The Kier molecular flexibility index (Phi) is 7.47. The lowest BCUT2D eigenvalue weighted by Gasteiger charge is -2.28. The summed E-state index contributed by atoms with van der Waals surface area (Å²) in [6, 6.07) is 16.2. The number of anilines is 2. The zero-order valence-electron chi connectivity index (χ0n) is 17.6. The largest absolute Gasteiger partial charge is 0.417 e. The summed E-state index contributed by atoms with van der Waals surface area (Å²) in [5.74, 6) is 2.71. The van der Waals surface area contributed by atoms with E-state index in [0.717, 1.165) is 35.9 Å². The summed E-state index contributed by atoms with van der Waals surface area (Å²) in [4.78, 5) is 23.9. The number of nitrogens with one attached hydrogen (secondary N) is 1. The van der Waals surface area contributed by atoms with Crippen molar-refractivity contribution in [3.05, 3.63) is 65.3 Å². The Labute approximate surface area is 196 Å². The molecule has 0 aliphatic carbocycles. The van der Waals surface area contributed by atoms with Crippen LogP contribution in [0.2, 0.25) is 5.02 Å². The minimum absolute atomic E-state index is 0.374. The maximum Gasteiger partial charge on any atom is 0.417 e. The van der Waals surface area contributed by atoms with Gasteiger partial charge in [-0.1, -0.05) is 29.8 Å². The molecular formula is C23H23ClN4O3S. The van der Waals surface area contributed by atoms with Crippen molar-refractivity contribution in [3.63, 3.8) is 0 Å². The highest BCUT2D eigenvalue weighted by molar-refractivity contribution is 7.97. The van der Waals surface area contributed by atoms with Gasteiger partial charge in [0.05, 0.1) is 29.6 Å². The first kappa shape index (κ1) is 22.4. The molecule has 9 heteroatoms. The Hall–Kier alpha value is -2.81. The third kappa shape index (κ3) is 5.70. The van der Waals surface area contributed by atoms with Crippen molar-refractivity contribution >= 4 is 41.0 Å². The number of aromatic nitrogens is 2. The second-order valence-corrected chi connectivity index (χ2v) is 8.37. The predicted molar refractivity (Wildman–Crippen MR) is 129 cm³/mol. The van der Waals surface area contributed by atoms with Crippen LogP contribution in [0.3, 0.4) is 0 Å². The standard InChI is InChI=1S/C23H23ClN4O3S/c1-32-15-17-14-21(28-9-11-30-12-10-28)27-22(25-17)16-7-8-20(19(24)13-16)26-23(29)31-18-5-3-2-4-6-18/h2-8,13-14H,9-12,15H2,1H3,(H,26,29). The summed E-state index contributed by atoms with van der Waals surface area (Å²) in [6.07, 6.45) is 1.43. The van der Waals surface area contributed by atoms with Crippen molar-refractivity contribution in [2.45, 2.75) is 5.75 Å². The van der Waals surface area contributed by atoms with Gasteiger partial charge >= 0.3 is 6.09 Å². The van der Waals surface area contributed by atoms with Crippen molar-refractivity contribution in [2.75, 3.05) is 42.8 Å². The Bertz CT molecular complexity index is 1080. The number of benzene rings is 2. The average molecular weight is 471 g/mol. The molecule has 166 valence electrons. The Morgan fingerprint density at radius 2 is 1.94 bits per heavy atom. The van der Waals surface area contributed by atoms with E-state index in [0.29, 0.717) is 35.5 Å². The summed E-state index contributed by atoms with van der Waals surface area (Å²) in [7, 11) is 0. The van der Waals surface area contributed by atoms with Crippen LogP contribution < -0.4 is 15.0 Å². The molecule has 2 aromatic carbocycles. The second kappa shape index (κ2) is 10.7. The number of rotatable bonds is 6. The van der Waals surface area contributed by atoms with E-state index in [1.54, 1.807) is 48.2 Å². The van der Waals surface area contributed by atoms with E-state index in [4.69, 9.17) is 31.0 Å². The van der Waals surface area contributed by atoms with Crippen molar-refractivity contribution in [1.82, 2.24) is 9.97 Å². The van der Waals surface area contributed by atoms with Crippen LogP contribution in [0.15, 0.2) is 54.6 Å². The minimum atomic E-state index is -0.612. The molecule has 4 rings (SSSR count). The van der Waals surface area contributed by atoms with Crippen LogP contribution in [-0.4, -0.2) is 48.6 Å². The first-order valence-electron chi connectivity index (χ1n) is 10.2. The molecule has 1 fully saturated rings. The number of carbonyl (C=O) groups excluding carboxylic acids is 1. The quantitative estimate of drug-likeness (QED) is 0.536. The molecule has 0 atom stereocenters. The molecule has 3 aromatic rings. The molecule has 1 N–H and O–H groups in total. The van der Waals surface area contributed by atoms with Crippen molar-refractivity contribution in [1.29, 1.82) is 0 Å². The lowest BCUT2D eigenvalue weighted by Crippen LogP contribution is -2.37. The monoisotopic (exact) mass is 470 g/mol. The van der Waals surface area contributed by atoms with Gasteiger partial charge in [-0.15, -0.1) is 0 Å². The maximum absolute atomic E-state index is 12.2. The van der Waals surface area contributed by atoms with E-state index in [2.05, 4.69) is 10.2 Å². The van der Waals surface area contributed by atoms with Crippen LogP contribution in [0.1, 0.15) is 5.69 Å². The predicted octanol–water partition coefficient (Wildman–Crippen LogP) is 5.11. The maximum atomic E-state index is 12.2. The first-order chi connectivity index (χ1) is 15.6. The van der Waals surface area contributed by atoms with Gasteiger partial charge in [0.15, 0.2) is 5.82 Å². The number of carbonyl (C=O) groups is 1. The SMILES string of the molecule is CSCc1cc(N2CCOCC2)nc(-c2ccc(NC(=O)Oc3ccccc3)c(Cl)c2)n1. The number of ether oxygens (including phenoxy) is 2. The number of halogens is 1. The van der Waals surface area contributed by atoms with Crippen molar-refractivity contribution in [2.24, 2.45) is 0 Å². The van der Waals surface area contributed by atoms with Crippen LogP contribution in [-0.2, 0) is 10.5 Å². The first-order valence-corrected chi connectivity index (χ1v) is 11.9. The Morgan fingerprint density at radius 3 is 2.66 bits per heavy atom. The molecule has 2 heterocycles. The number of morpholine rings is 1. The summed E-state index contributed by atoms with van der Waals surface area (Å²) < 4.78 is 10.7. The van der Waals surface area contributed by atoms with Crippen molar-refractivity contribution in [3.8, 4) is 17.1 Å². The highest BCUT2D eigenvalue weighted by atomic mass is 35.5. The smallest absolute Gasteiger partial charge is 0.410 e. The van der Waals surface area contributed by atoms with Gasteiger partial charge in [0.1, 0.15) is 11.6 Å². The molecule has 0 radical (unpaired) electrons. The van der Waals surface area contributed by atoms with Gasteiger partial charge in [-0.25, -0.2) is 14.8 Å². The van der Waals surface area contributed by atoms with Crippen LogP contribution in [0, 0.1) is 0 Å². The van der Waals surface area contributed by atoms with E-state index in [9.17, 15) is 4.79 Å². The van der Waals surface area contributed by atoms with E-state index in [1.807, 2.05) is 24.5 Å². The van der Waals surface area contributed by atoms with E-state index >= 15 is 0 Å². The third-order valence-corrected chi connectivity index (χ3v) is 5.71. The van der Waals surface area contributed by atoms with Crippen LogP contribution in [0.4, 0.5) is 16.3 Å². The molecule has 0 unspecified atom stereocenters. The molecule has 1 amide bonds. The molecule has 0 spiro atoms. The number of para-hydroxylation sites is 1. The lowest BCUT2D eigenvalue weighted by atomic mass is 10.2. The van der Waals surface area contributed by atoms with Crippen LogP contribution in [0.5, 0.6) is 5.75 Å². The molecular weight excluding hydrogens is 448 g/mol. The highest BCUT2D eigenvalue weighted by Gasteiger charge is 2.17.